The standard InChI is InChI=1S/C14H20N4O4/c1-14(2,3)22-13(19)17-7-5-10(9-17)16-11-4-6-15-8-12(11)18(20)21/h4,6,8,10H,5,7,9H2,1-3H3,(H,15,16)/t10-/m1/s1. The predicted octanol–water partition coefficient (Wildman–Crippen LogP) is 2.41. The number of likely N-dealkylation sites (tertiary alicyclic amines) is 1. The number of nitrogens with zero attached hydrogens (tertiary/aromatic N) is 3. The number of ether oxygens (including phenoxy) is 1. The van der Waals surface area contributed by atoms with Crippen LogP contribution in [0.3, 0.4) is 0 Å². The van der Waals surface area contributed by atoms with Gasteiger partial charge in [-0.2, -0.15) is 0 Å². The Hall–Kier alpha value is -2.38. The van der Waals surface area contributed by atoms with E-state index < -0.39 is 10.5 Å². The molecule has 8 nitrogen and oxygen atoms in total. The average molecular weight is 308 g/mol. The summed E-state index contributed by atoms with van der Waals surface area (Å²) in [5, 5.41) is 14.1. The summed E-state index contributed by atoms with van der Waals surface area (Å²) < 4.78 is 5.32. The van der Waals surface area contributed by atoms with Crippen molar-refractivity contribution >= 4 is 17.5 Å². The van der Waals surface area contributed by atoms with E-state index in [1.165, 1.54) is 12.4 Å². The maximum Gasteiger partial charge on any atom is 0.410 e. The van der Waals surface area contributed by atoms with Crippen LogP contribution in [0.25, 0.3) is 0 Å². The third-order valence-electron chi connectivity index (χ3n) is 3.20. The van der Waals surface area contributed by atoms with Crippen molar-refractivity contribution in [1.29, 1.82) is 0 Å². The molecule has 8 heteroatoms. The van der Waals surface area contributed by atoms with Crippen LogP contribution >= 0.6 is 0 Å². The van der Waals surface area contributed by atoms with E-state index in [2.05, 4.69) is 10.3 Å². The Morgan fingerprint density at radius 1 is 1.55 bits per heavy atom. The molecule has 0 aromatic carbocycles. The first-order valence-electron chi connectivity index (χ1n) is 7.09. The molecule has 1 N–H and O–H groups in total. The number of aromatic nitrogens is 1. The number of hydrogen-bond donors (Lipinski definition) is 1. The van der Waals surface area contributed by atoms with Crippen molar-refractivity contribution in [1.82, 2.24) is 9.88 Å². The number of amides is 1. The van der Waals surface area contributed by atoms with Gasteiger partial charge in [-0.05, 0) is 33.3 Å². The highest BCUT2D eigenvalue weighted by Crippen LogP contribution is 2.25. The molecule has 1 atom stereocenters. The molecule has 1 aliphatic rings. The zero-order chi connectivity index (χ0) is 16.3. The second-order valence-electron chi connectivity index (χ2n) is 6.21. The molecule has 0 aliphatic carbocycles. The Morgan fingerprint density at radius 3 is 2.91 bits per heavy atom. The fourth-order valence-corrected chi connectivity index (χ4v) is 2.24. The number of anilines is 1. The van der Waals surface area contributed by atoms with Crippen LogP contribution < -0.4 is 5.32 Å². The van der Waals surface area contributed by atoms with Gasteiger partial charge in [-0.15, -0.1) is 0 Å². The van der Waals surface area contributed by atoms with Crippen molar-refractivity contribution in [2.24, 2.45) is 0 Å². The van der Waals surface area contributed by atoms with Crippen molar-refractivity contribution in [2.45, 2.75) is 38.8 Å². The second-order valence-corrected chi connectivity index (χ2v) is 6.21. The monoisotopic (exact) mass is 308 g/mol. The number of hydrogen-bond acceptors (Lipinski definition) is 6. The number of pyridine rings is 1. The summed E-state index contributed by atoms with van der Waals surface area (Å²) in [7, 11) is 0. The van der Waals surface area contributed by atoms with Crippen molar-refractivity contribution < 1.29 is 14.5 Å². The molecule has 0 spiro atoms. The smallest absolute Gasteiger partial charge is 0.410 e. The lowest BCUT2D eigenvalue weighted by Crippen LogP contribution is -2.36. The lowest BCUT2D eigenvalue weighted by molar-refractivity contribution is -0.384. The molecule has 0 bridgehead atoms. The molecular formula is C14H20N4O4. The van der Waals surface area contributed by atoms with Gasteiger partial charge in [-0.25, -0.2) is 4.79 Å². The molecule has 1 amide bonds. The molecule has 1 fully saturated rings. The van der Waals surface area contributed by atoms with Crippen molar-refractivity contribution in [3.05, 3.63) is 28.6 Å². The van der Waals surface area contributed by atoms with E-state index in [0.717, 1.165) is 0 Å². The van der Waals surface area contributed by atoms with E-state index in [-0.39, 0.29) is 17.8 Å². The average Bonchev–Trinajstić information content (AvgIpc) is 2.86. The molecule has 22 heavy (non-hydrogen) atoms. The summed E-state index contributed by atoms with van der Waals surface area (Å²) in [6.07, 6.45) is 3.05. The molecule has 120 valence electrons. The molecule has 1 saturated heterocycles. The second kappa shape index (κ2) is 6.17. The number of rotatable bonds is 3. The number of nitro groups is 1. The SMILES string of the molecule is CC(C)(C)OC(=O)N1CC[C@@H](Nc2ccncc2[N+](=O)[O-])C1. The minimum atomic E-state index is -0.535. The summed E-state index contributed by atoms with van der Waals surface area (Å²) in [5.74, 6) is 0. The first kappa shape index (κ1) is 16.0. The number of carbonyl (C=O) groups excluding carboxylic acids is 1. The molecule has 1 aliphatic heterocycles. The zero-order valence-corrected chi connectivity index (χ0v) is 12.9. The van der Waals surface area contributed by atoms with Crippen LogP contribution in [0.15, 0.2) is 18.5 Å². The van der Waals surface area contributed by atoms with Gasteiger partial charge in [0.1, 0.15) is 17.5 Å². The van der Waals surface area contributed by atoms with Gasteiger partial charge in [-0.1, -0.05) is 0 Å². The van der Waals surface area contributed by atoms with Crippen LogP contribution in [0.2, 0.25) is 0 Å². The van der Waals surface area contributed by atoms with Crippen LogP contribution in [-0.4, -0.2) is 45.6 Å². The first-order chi connectivity index (χ1) is 10.3. The molecule has 2 rings (SSSR count). The topological polar surface area (TPSA) is 97.6 Å². The molecule has 0 saturated carbocycles. The molecule has 0 unspecified atom stereocenters. The van der Waals surface area contributed by atoms with Crippen LogP contribution in [0.1, 0.15) is 27.2 Å². The van der Waals surface area contributed by atoms with E-state index in [4.69, 9.17) is 4.74 Å². The highest BCUT2D eigenvalue weighted by Gasteiger charge is 2.30. The highest BCUT2D eigenvalue weighted by molar-refractivity contribution is 5.69. The van der Waals surface area contributed by atoms with Gasteiger partial charge in [0.2, 0.25) is 0 Å². The molecule has 1 aromatic rings. The van der Waals surface area contributed by atoms with Crippen LogP contribution in [-0.2, 0) is 4.74 Å². The Bertz CT molecular complexity index is 570. The third-order valence-corrected chi connectivity index (χ3v) is 3.20. The van der Waals surface area contributed by atoms with E-state index in [1.54, 1.807) is 11.0 Å². The maximum atomic E-state index is 12.0. The molecular weight excluding hydrogens is 288 g/mol. The fourth-order valence-electron chi connectivity index (χ4n) is 2.24. The Morgan fingerprint density at radius 2 is 2.27 bits per heavy atom. The molecule has 0 radical (unpaired) electrons. The van der Waals surface area contributed by atoms with Crippen LogP contribution in [0.5, 0.6) is 0 Å². The summed E-state index contributed by atoms with van der Waals surface area (Å²) in [5.41, 5.74) is -0.193. The Balaban J connectivity index is 1.97. The first-order valence-corrected chi connectivity index (χ1v) is 7.09. The van der Waals surface area contributed by atoms with Crippen molar-refractivity contribution in [3.63, 3.8) is 0 Å². The normalized spacial score (nSPS) is 18.1. The fraction of sp³-hybridized carbons (Fsp3) is 0.571. The summed E-state index contributed by atoms with van der Waals surface area (Å²) in [6.45, 7) is 6.46. The predicted molar refractivity (Wildman–Crippen MR) is 80.7 cm³/mol. The minimum Gasteiger partial charge on any atom is -0.444 e. The largest absolute Gasteiger partial charge is 0.444 e. The van der Waals surface area contributed by atoms with Gasteiger partial charge in [-0.3, -0.25) is 15.1 Å². The minimum absolute atomic E-state index is 0.0476. The van der Waals surface area contributed by atoms with E-state index in [0.29, 0.717) is 25.2 Å². The van der Waals surface area contributed by atoms with E-state index in [9.17, 15) is 14.9 Å². The Labute approximate surface area is 128 Å². The van der Waals surface area contributed by atoms with Crippen LogP contribution in [0.4, 0.5) is 16.2 Å². The van der Waals surface area contributed by atoms with Crippen molar-refractivity contribution in [2.75, 3.05) is 18.4 Å². The van der Waals surface area contributed by atoms with Gasteiger partial charge in [0.15, 0.2) is 0 Å². The number of nitrogens with one attached hydrogen (secondary N) is 1. The molecule has 2 heterocycles. The van der Waals surface area contributed by atoms with Crippen molar-refractivity contribution in [3.8, 4) is 0 Å². The third kappa shape index (κ3) is 4.06. The maximum absolute atomic E-state index is 12.0. The van der Waals surface area contributed by atoms with Gasteiger partial charge >= 0.3 is 11.8 Å². The number of carbonyl (C=O) groups is 1. The highest BCUT2D eigenvalue weighted by atomic mass is 16.6. The lowest BCUT2D eigenvalue weighted by Gasteiger charge is -2.24. The quantitative estimate of drug-likeness (QED) is 0.680. The Kier molecular flexibility index (Phi) is 4.48. The zero-order valence-electron chi connectivity index (χ0n) is 12.9. The molecule has 1 aromatic heterocycles. The van der Waals surface area contributed by atoms with Gasteiger partial charge in [0.25, 0.3) is 0 Å². The van der Waals surface area contributed by atoms with Crippen LogP contribution in [0, 0.1) is 10.1 Å². The van der Waals surface area contributed by atoms with Gasteiger partial charge in [0, 0.05) is 25.3 Å². The summed E-state index contributed by atoms with van der Waals surface area (Å²) in [6, 6.07) is 1.52. The summed E-state index contributed by atoms with van der Waals surface area (Å²) in [4.78, 5) is 27.8. The van der Waals surface area contributed by atoms with E-state index in [1.807, 2.05) is 20.8 Å². The lowest BCUT2D eigenvalue weighted by atomic mass is 10.2. The summed E-state index contributed by atoms with van der Waals surface area (Å²) >= 11 is 0. The van der Waals surface area contributed by atoms with E-state index >= 15 is 0 Å². The van der Waals surface area contributed by atoms with Gasteiger partial charge < -0.3 is 15.0 Å². The van der Waals surface area contributed by atoms with Gasteiger partial charge in [0.05, 0.1) is 4.92 Å².